The minimum atomic E-state index is -0.789. The van der Waals surface area contributed by atoms with E-state index in [0.29, 0.717) is 24.4 Å². The highest BCUT2D eigenvalue weighted by Gasteiger charge is 2.44. The average Bonchev–Trinajstić information content (AvgIpc) is 2.65. The number of ether oxygens (including phenoxy) is 1. The van der Waals surface area contributed by atoms with Crippen LogP contribution in [-0.4, -0.2) is 17.7 Å². The predicted octanol–water partition coefficient (Wildman–Crippen LogP) is 5.20. The Morgan fingerprint density at radius 3 is 2.76 bits per heavy atom. The zero-order valence-electron chi connectivity index (χ0n) is 17.2. The SMILES string of the molecule is C=C(C)[C@H]1CC=C(C)[C@@H](COc2ccc3ccc(=O)oc3c2)[C@]1(C)CCC(=O)O. The molecule has 1 N–H and O–H groups in total. The number of carboxylic acid groups (broad SMARTS) is 1. The third-order valence-corrected chi connectivity index (χ3v) is 6.30. The van der Waals surface area contributed by atoms with Crippen LogP contribution in [0.1, 0.15) is 40.0 Å². The molecule has 3 atom stereocenters. The standard InChI is InChI=1S/C24H28O5/c1-15(2)19-9-5-16(3)20(24(19,4)12-11-22(25)26)14-28-18-8-6-17-7-10-23(27)29-21(17)13-18/h5-8,10,13,19-20H,1,9,11-12,14H2,2-4H3,(H,25,26)/t19-,20-,24-/m1/s1. The number of carbonyl (C=O) groups is 1. The number of hydrogen-bond donors (Lipinski definition) is 1. The molecule has 1 aromatic heterocycles. The van der Waals surface area contributed by atoms with Crippen LogP contribution in [0.4, 0.5) is 0 Å². The molecule has 0 bridgehead atoms. The molecule has 1 aliphatic carbocycles. The molecule has 5 nitrogen and oxygen atoms in total. The molecule has 1 heterocycles. The highest BCUT2D eigenvalue weighted by atomic mass is 16.5. The molecule has 0 amide bonds. The van der Waals surface area contributed by atoms with Gasteiger partial charge in [0.05, 0.1) is 6.61 Å². The van der Waals surface area contributed by atoms with E-state index in [1.165, 1.54) is 11.6 Å². The number of carboxylic acids is 1. The lowest BCUT2D eigenvalue weighted by molar-refractivity contribution is -0.138. The molecular weight excluding hydrogens is 368 g/mol. The maximum Gasteiger partial charge on any atom is 0.336 e. The van der Waals surface area contributed by atoms with Crippen LogP contribution in [-0.2, 0) is 4.79 Å². The smallest absolute Gasteiger partial charge is 0.336 e. The first-order chi connectivity index (χ1) is 13.7. The minimum absolute atomic E-state index is 0.0655. The number of benzene rings is 1. The zero-order chi connectivity index (χ0) is 21.2. The third kappa shape index (κ3) is 4.44. The molecule has 29 heavy (non-hydrogen) atoms. The van der Waals surface area contributed by atoms with Gasteiger partial charge in [0.15, 0.2) is 0 Å². The Morgan fingerprint density at radius 1 is 1.34 bits per heavy atom. The maximum atomic E-state index is 11.5. The van der Waals surface area contributed by atoms with E-state index in [1.807, 2.05) is 19.1 Å². The van der Waals surface area contributed by atoms with Crippen molar-refractivity contribution in [3.05, 3.63) is 64.6 Å². The topological polar surface area (TPSA) is 76.7 Å². The molecule has 154 valence electrons. The van der Waals surface area contributed by atoms with Crippen molar-refractivity contribution in [2.75, 3.05) is 6.61 Å². The summed E-state index contributed by atoms with van der Waals surface area (Å²) in [5.74, 6) is 0.102. The molecular formula is C24H28O5. The van der Waals surface area contributed by atoms with Crippen LogP contribution in [0.25, 0.3) is 11.0 Å². The Labute approximate surface area is 170 Å². The summed E-state index contributed by atoms with van der Waals surface area (Å²) in [6, 6.07) is 8.56. The molecule has 2 aromatic rings. The van der Waals surface area contributed by atoms with Crippen molar-refractivity contribution in [3.8, 4) is 5.75 Å². The van der Waals surface area contributed by atoms with Gasteiger partial charge in [-0.1, -0.05) is 30.7 Å². The van der Waals surface area contributed by atoms with Crippen molar-refractivity contribution in [1.82, 2.24) is 0 Å². The first kappa shape index (κ1) is 20.9. The van der Waals surface area contributed by atoms with E-state index >= 15 is 0 Å². The second-order valence-electron chi connectivity index (χ2n) is 8.30. The molecule has 1 aromatic carbocycles. The molecule has 5 heteroatoms. The molecule has 3 rings (SSSR count). The molecule has 0 saturated carbocycles. The minimum Gasteiger partial charge on any atom is -0.493 e. The lowest BCUT2D eigenvalue weighted by atomic mass is 9.58. The third-order valence-electron chi connectivity index (χ3n) is 6.30. The largest absolute Gasteiger partial charge is 0.493 e. The van der Waals surface area contributed by atoms with Gasteiger partial charge < -0.3 is 14.3 Å². The number of allylic oxidation sites excluding steroid dienone is 2. The van der Waals surface area contributed by atoms with Gasteiger partial charge in [0, 0.05) is 29.9 Å². The lowest BCUT2D eigenvalue weighted by Crippen LogP contribution is -2.42. The number of fused-ring (bicyclic) bond motifs is 1. The number of rotatable bonds is 7. The van der Waals surface area contributed by atoms with E-state index in [-0.39, 0.29) is 23.7 Å². The Kier molecular flexibility index (Phi) is 5.96. The summed E-state index contributed by atoms with van der Waals surface area (Å²) >= 11 is 0. The van der Waals surface area contributed by atoms with Gasteiger partial charge in [0.2, 0.25) is 0 Å². The fourth-order valence-electron chi connectivity index (χ4n) is 4.60. The molecule has 0 unspecified atom stereocenters. The lowest BCUT2D eigenvalue weighted by Gasteiger charge is -2.47. The molecule has 0 radical (unpaired) electrons. The Morgan fingerprint density at radius 2 is 2.07 bits per heavy atom. The highest BCUT2D eigenvalue weighted by Crippen LogP contribution is 2.51. The zero-order valence-corrected chi connectivity index (χ0v) is 17.2. The Hall–Kier alpha value is -2.82. The van der Waals surface area contributed by atoms with E-state index in [1.54, 1.807) is 12.1 Å². The van der Waals surface area contributed by atoms with Crippen molar-refractivity contribution in [2.45, 2.75) is 40.0 Å². The molecule has 0 spiro atoms. The maximum absolute atomic E-state index is 11.5. The summed E-state index contributed by atoms with van der Waals surface area (Å²) in [4.78, 5) is 22.8. The number of aliphatic carboxylic acids is 1. The van der Waals surface area contributed by atoms with Crippen LogP contribution in [0.2, 0.25) is 0 Å². The van der Waals surface area contributed by atoms with Crippen LogP contribution in [0.5, 0.6) is 5.75 Å². The van der Waals surface area contributed by atoms with Crippen molar-refractivity contribution in [3.63, 3.8) is 0 Å². The summed E-state index contributed by atoms with van der Waals surface area (Å²) in [5.41, 5.74) is 2.11. The van der Waals surface area contributed by atoms with Gasteiger partial charge in [-0.25, -0.2) is 4.79 Å². The van der Waals surface area contributed by atoms with Crippen LogP contribution >= 0.6 is 0 Å². The van der Waals surface area contributed by atoms with Crippen LogP contribution in [0.3, 0.4) is 0 Å². The fourth-order valence-corrected chi connectivity index (χ4v) is 4.60. The van der Waals surface area contributed by atoms with Gasteiger partial charge in [-0.15, -0.1) is 0 Å². The van der Waals surface area contributed by atoms with E-state index in [4.69, 9.17) is 9.15 Å². The van der Waals surface area contributed by atoms with Crippen molar-refractivity contribution in [2.24, 2.45) is 17.3 Å². The van der Waals surface area contributed by atoms with Gasteiger partial charge in [0.1, 0.15) is 11.3 Å². The highest BCUT2D eigenvalue weighted by molar-refractivity contribution is 5.77. The summed E-state index contributed by atoms with van der Waals surface area (Å²) in [6.45, 7) is 10.8. The fraction of sp³-hybridized carbons (Fsp3) is 0.417. The van der Waals surface area contributed by atoms with Gasteiger partial charge in [-0.05, 0) is 56.2 Å². The van der Waals surface area contributed by atoms with Crippen molar-refractivity contribution < 1.29 is 19.1 Å². The van der Waals surface area contributed by atoms with E-state index < -0.39 is 11.6 Å². The van der Waals surface area contributed by atoms with Gasteiger partial charge in [-0.2, -0.15) is 0 Å². The quantitative estimate of drug-likeness (QED) is 0.514. The van der Waals surface area contributed by atoms with E-state index in [0.717, 1.165) is 17.4 Å². The van der Waals surface area contributed by atoms with Crippen LogP contribution < -0.4 is 10.4 Å². The van der Waals surface area contributed by atoms with Crippen molar-refractivity contribution in [1.29, 1.82) is 0 Å². The predicted molar refractivity (Wildman–Crippen MR) is 113 cm³/mol. The first-order valence-electron chi connectivity index (χ1n) is 9.91. The van der Waals surface area contributed by atoms with E-state index in [9.17, 15) is 14.7 Å². The number of hydrogen-bond acceptors (Lipinski definition) is 4. The normalized spacial score (nSPS) is 24.2. The molecule has 0 fully saturated rings. The second kappa shape index (κ2) is 8.27. The van der Waals surface area contributed by atoms with Gasteiger partial charge in [0.25, 0.3) is 0 Å². The van der Waals surface area contributed by atoms with Gasteiger partial charge >= 0.3 is 11.6 Å². The monoisotopic (exact) mass is 396 g/mol. The summed E-state index contributed by atoms with van der Waals surface area (Å²) in [7, 11) is 0. The molecule has 0 saturated heterocycles. The molecule has 0 aliphatic heterocycles. The Bertz CT molecular complexity index is 1020. The van der Waals surface area contributed by atoms with E-state index in [2.05, 4.69) is 26.5 Å². The molecule has 1 aliphatic rings. The Balaban J connectivity index is 1.86. The summed E-state index contributed by atoms with van der Waals surface area (Å²) < 4.78 is 11.4. The van der Waals surface area contributed by atoms with Crippen LogP contribution in [0.15, 0.2) is 63.3 Å². The van der Waals surface area contributed by atoms with Crippen LogP contribution in [0, 0.1) is 17.3 Å². The summed E-state index contributed by atoms with van der Waals surface area (Å²) in [5, 5.41) is 10.1. The second-order valence-corrected chi connectivity index (χ2v) is 8.30. The van der Waals surface area contributed by atoms with Crippen molar-refractivity contribution >= 4 is 16.9 Å². The average molecular weight is 396 g/mol. The van der Waals surface area contributed by atoms with Gasteiger partial charge in [-0.3, -0.25) is 4.79 Å². The first-order valence-corrected chi connectivity index (χ1v) is 9.91. The summed E-state index contributed by atoms with van der Waals surface area (Å²) in [6.07, 6.45) is 3.76.